The molecule has 42 valence electrons. The van der Waals surface area contributed by atoms with Crippen LogP contribution in [0.2, 0.25) is 0 Å². The Bertz CT molecular complexity index is 77.3. The van der Waals surface area contributed by atoms with Crippen LogP contribution in [0.15, 0.2) is 0 Å². The van der Waals surface area contributed by atoms with Crippen LogP contribution in [0.1, 0.15) is 0 Å². The van der Waals surface area contributed by atoms with Crippen molar-refractivity contribution in [1.82, 2.24) is 0 Å². The van der Waals surface area contributed by atoms with Crippen molar-refractivity contribution in [2.45, 2.75) is 6.04 Å². The van der Waals surface area contributed by atoms with Gasteiger partial charge in [-0.3, -0.25) is 0 Å². The van der Waals surface area contributed by atoms with Gasteiger partial charge in [-0.2, -0.15) is 0 Å². The van der Waals surface area contributed by atoms with Crippen molar-refractivity contribution in [2.75, 3.05) is 5.75 Å². The van der Waals surface area contributed by atoms with Crippen LogP contribution in [0.5, 0.6) is 0 Å². The zero-order valence-corrected chi connectivity index (χ0v) is 6.27. The van der Waals surface area contributed by atoms with Crippen molar-refractivity contribution in [3.05, 3.63) is 0 Å². The summed E-state index contributed by atoms with van der Waals surface area (Å²) in [7, 11) is 0. The summed E-state index contributed by atoms with van der Waals surface area (Å²) >= 11 is 6.22. The molecule has 0 fully saturated rings. The van der Waals surface area contributed by atoms with Gasteiger partial charge in [0.2, 0.25) is 0 Å². The van der Waals surface area contributed by atoms with Crippen molar-refractivity contribution in [3.63, 3.8) is 0 Å². The van der Waals surface area contributed by atoms with Gasteiger partial charge in [0.1, 0.15) is 0 Å². The van der Waals surface area contributed by atoms with E-state index in [0.29, 0.717) is 5.75 Å². The summed E-state index contributed by atoms with van der Waals surface area (Å²) in [6.45, 7) is 0. The van der Waals surface area contributed by atoms with Crippen LogP contribution in [0.25, 0.3) is 0 Å². The molecule has 0 rings (SSSR count). The fraction of sp³-hybridized carbons (Fsp3) is 0.667. The molecule has 0 aromatic heterocycles. The van der Waals surface area contributed by atoms with E-state index < -0.39 is 0 Å². The van der Waals surface area contributed by atoms with E-state index in [2.05, 4.69) is 28.2 Å². The van der Waals surface area contributed by atoms with Crippen LogP contribution in [-0.4, -0.2) is 37.1 Å². The third-order valence-corrected chi connectivity index (χ3v) is 1.54. The molecule has 0 saturated heterocycles. The first-order chi connectivity index (χ1) is 3.18. The predicted octanol–water partition coefficient (Wildman–Crippen LogP) is -1.09. The summed E-state index contributed by atoms with van der Waals surface area (Å²) in [6.07, 6.45) is 0. The van der Waals surface area contributed by atoms with Crippen LogP contribution >= 0.6 is 12.6 Å². The van der Waals surface area contributed by atoms with Crippen LogP contribution in [0.3, 0.4) is 0 Å². The van der Waals surface area contributed by atoms with Crippen LogP contribution < -0.4 is 5.73 Å². The fourth-order valence-electron chi connectivity index (χ4n) is 0.0781. The average Bonchev–Trinajstić information content (AvgIpc) is 1.65. The standard InChI is InChI=1S/C3H7NOSSe/c4-2(1-6)3(5)7/h2,6H,1,4H2,(H,5,7). The number of aliphatic hydroxyl groups is 1. The van der Waals surface area contributed by atoms with Gasteiger partial charge in [0.25, 0.3) is 0 Å². The predicted molar refractivity (Wildman–Crippen MR) is 34.5 cm³/mol. The molecule has 0 bridgehead atoms. The second kappa shape index (κ2) is 3.50. The molecule has 0 aliphatic carbocycles. The first-order valence-corrected chi connectivity index (χ1v) is 3.26. The maximum absolute atomic E-state index is 8.51. The van der Waals surface area contributed by atoms with E-state index in [9.17, 15) is 0 Å². The molecule has 4 heteroatoms. The van der Waals surface area contributed by atoms with E-state index in [1.165, 1.54) is 0 Å². The van der Waals surface area contributed by atoms with E-state index >= 15 is 0 Å². The Labute approximate surface area is 55.9 Å². The molecule has 2 nitrogen and oxygen atoms in total. The summed E-state index contributed by atoms with van der Waals surface area (Å²) in [5, 5.41) is 8.51. The number of rotatable bonds is 2. The molecule has 0 radical (unpaired) electrons. The van der Waals surface area contributed by atoms with Crippen LogP contribution in [0.4, 0.5) is 0 Å². The molecule has 0 aromatic carbocycles. The topological polar surface area (TPSA) is 46.2 Å². The van der Waals surface area contributed by atoms with Gasteiger partial charge in [0.15, 0.2) is 0 Å². The van der Waals surface area contributed by atoms with Gasteiger partial charge >= 0.3 is 55.4 Å². The van der Waals surface area contributed by atoms with Gasteiger partial charge in [-0.25, -0.2) is 0 Å². The monoisotopic (exact) mass is 185 g/mol. The molecule has 0 amide bonds. The van der Waals surface area contributed by atoms with Crippen molar-refractivity contribution in [1.29, 1.82) is 0 Å². The minimum absolute atomic E-state index is 0.120. The van der Waals surface area contributed by atoms with E-state index in [0.717, 1.165) is 0 Å². The number of aliphatic hydroxyl groups excluding tert-OH is 1. The Balaban J connectivity index is 3.34. The molecule has 1 unspecified atom stereocenters. The minimum atomic E-state index is -0.316. The van der Waals surface area contributed by atoms with Crippen molar-refractivity contribution >= 4 is 32.8 Å². The average molecular weight is 184 g/mol. The SMILES string of the molecule is NC(CS)C(O)=[Se]. The van der Waals surface area contributed by atoms with Gasteiger partial charge < -0.3 is 0 Å². The molecule has 3 N–H and O–H groups in total. The Morgan fingerprint density at radius 2 is 2.43 bits per heavy atom. The Kier molecular flexibility index (Phi) is 3.74. The Morgan fingerprint density at radius 1 is 2.00 bits per heavy atom. The first kappa shape index (κ1) is 7.50. The molecule has 0 saturated carbocycles. The second-order valence-corrected chi connectivity index (χ2v) is 2.37. The number of nitrogens with two attached hydrogens (primary N) is 1. The van der Waals surface area contributed by atoms with Gasteiger partial charge in [-0.1, -0.05) is 0 Å². The molecular formula is C3H7NOSSe. The zero-order chi connectivity index (χ0) is 5.86. The Morgan fingerprint density at radius 3 is 2.43 bits per heavy atom. The maximum atomic E-state index is 8.51. The zero-order valence-electron chi connectivity index (χ0n) is 3.66. The van der Waals surface area contributed by atoms with E-state index in [4.69, 9.17) is 10.8 Å². The summed E-state index contributed by atoms with van der Waals surface area (Å²) in [5.41, 5.74) is 5.22. The molecule has 0 spiro atoms. The molecule has 1 atom stereocenters. The fourth-order valence-corrected chi connectivity index (χ4v) is 0.703. The first-order valence-electron chi connectivity index (χ1n) is 1.77. The van der Waals surface area contributed by atoms with Crippen molar-refractivity contribution in [2.24, 2.45) is 5.73 Å². The number of thiol groups is 1. The van der Waals surface area contributed by atoms with Crippen molar-refractivity contribution in [3.8, 4) is 0 Å². The van der Waals surface area contributed by atoms with Gasteiger partial charge in [0.05, 0.1) is 0 Å². The summed E-state index contributed by atoms with van der Waals surface area (Å²) in [4.78, 5) is 0. The number of hydrogen-bond acceptors (Lipinski definition) is 3. The summed E-state index contributed by atoms with van der Waals surface area (Å²) in [6, 6.07) is -0.316. The molecule has 0 aromatic rings. The molecular weight excluding hydrogens is 177 g/mol. The normalized spacial score (nSPS) is 13.4. The van der Waals surface area contributed by atoms with Gasteiger partial charge in [-0.05, 0) is 0 Å². The molecule has 0 aliphatic rings. The summed E-state index contributed by atoms with van der Waals surface area (Å²) < 4.78 is 0.120. The van der Waals surface area contributed by atoms with E-state index in [1.54, 1.807) is 0 Å². The Hall–Kier alpha value is 0.499. The van der Waals surface area contributed by atoms with Gasteiger partial charge in [-0.15, -0.1) is 0 Å². The van der Waals surface area contributed by atoms with Crippen LogP contribution in [-0.2, 0) is 0 Å². The number of hydrogen-bond donors (Lipinski definition) is 3. The van der Waals surface area contributed by atoms with E-state index in [-0.39, 0.29) is 10.6 Å². The quantitative estimate of drug-likeness (QED) is 0.377. The third-order valence-electron chi connectivity index (χ3n) is 0.514. The van der Waals surface area contributed by atoms with E-state index in [1.807, 2.05) is 0 Å². The molecule has 0 heterocycles. The molecule has 7 heavy (non-hydrogen) atoms. The molecule has 0 aliphatic heterocycles. The van der Waals surface area contributed by atoms with Crippen molar-refractivity contribution < 1.29 is 5.11 Å². The summed E-state index contributed by atoms with van der Waals surface area (Å²) in [5.74, 6) is 0.471. The van der Waals surface area contributed by atoms with Gasteiger partial charge in [0, 0.05) is 0 Å². The van der Waals surface area contributed by atoms with Crippen LogP contribution in [0, 0.1) is 0 Å². The third kappa shape index (κ3) is 3.11. The second-order valence-electron chi connectivity index (χ2n) is 1.13.